The monoisotopic (exact) mass is 320 g/mol. The largest absolute Gasteiger partial charge is 0.327 e. The Morgan fingerprint density at radius 3 is 1.74 bits per heavy atom. The lowest BCUT2D eigenvalue weighted by Gasteiger charge is -2.41. The Bertz CT molecular complexity index is 689. The van der Waals surface area contributed by atoms with Gasteiger partial charge in [0, 0.05) is 12.4 Å². The van der Waals surface area contributed by atoms with E-state index in [1.807, 2.05) is 12.5 Å². The molecule has 0 spiro atoms. The van der Waals surface area contributed by atoms with Crippen LogP contribution < -0.4 is 0 Å². The molecule has 118 valence electrons. The van der Waals surface area contributed by atoms with Gasteiger partial charge in [-0.05, 0) is 16.2 Å². The van der Waals surface area contributed by atoms with Crippen molar-refractivity contribution in [3.63, 3.8) is 0 Å². The molecule has 0 N–H and O–H groups in total. The van der Waals surface area contributed by atoms with E-state index in [-0.39, 0.29) is 5.16 Å². The Morgan fingerprint density at radius 2 is 1.35 bits per heavy atom. The highest BCUT2D eigenvalue weighted by molar-refractivity contribution is 6.45. The third-order valence-corrected chi connectivity index (χ3v) is 6.99. The van der Waals surface area contributed by atoms with Crippen LogP contribution >= 0.6 is 0 Å². The summed E-state index contributed by atoms with van der Waals surface area (Å²) < 4.78 is 2.31. The van der Waals surface area contributed by atoms with Crippen molar-refractivity contribution in [1.29, 1.82) is 0 Å². The van der Waals surface area contributed by atoms with Crippen LogP contribution in [-0.4, -0.2) is 19.1 Å². The van der Waals surface area contributed by atoms with Gasteiger partial charge >= 0.3 is 0 Å². The Kier molecular flexibility index (Phi) is 4.22. The molecule has 0 saturated heterocycles. The highest BCUT2D eigenvalue weighted by Crippen LogP contribution is 2.39. The fourth-order valence-corrected chi connectivity index (χ4v) is 6.22. The lowest BCUT2D eigenvalue weighted by Crippen LogP contribution is -2.45. The van der Waals surface area contributed by atoms with Crippen molar-refractivity contribution in [3.8, 4) is 0 Å². The van der Waals surface area contributed by atoms with Crippen molar-refractivity contribution in [1.82, 2.24) is 9.55 Å². The molecule has 2 aromatic carbocycles. The highest BCUT2D eigenvalue weighted by atomic mass is 28.2. The molecule has 0 amide bonds. The third kappa shape index (κ3) is 3.15. The van der Waals surface area contributed by atoms with Gasteiger partial charge in [-0.3, -0.25) is 0 Å². The van der Waals surface area contributed by atoms with Crippen molar-refractivity contribution in [3.05, 3.63) is 90.5 Å². The van der Waals surface area contributed by atoms with Gasteiger partial charge in [-0.25, -0.2) is 4.98 Å². The normalized spacial score (nSPS) is 12.8. The molecular formula is C20H24N2Si. The van der Waals surface area contributed by atoms with Crippen molar-refractivity contribution < 1.29 is 0 Å². The maximum atomic E-state index is 4.35. The molecule has 1 aromatic heterocycles. The fraction of sp³-hybridized carbons (Fsp3) is 0.250. The Balaban J connectivity index is 2.30. The highest BCUT2D eigenvalue weighted by Gasteiger charge is 2.39. The van der Waals surface area contributed by atoms with Crippen LogP contribution in [0.4, 0.5) is 0 Å². The summed E-state index contributed by atoms with van der Waals surface area (Å²) in [6, 6.07) is 21.8. The quantitative estimate of drug-likeness (QED) is 0.664. The number of hydrogen-bond acceptors (Lipinski definition) is 1. The molecule has 0 fully saturated rings. The minimum absolute atomic E-state index is 0.114. The number of imidazole rings is 1. The minimum atomic E-state index is -0.586. The first kappa shape index (κ1) is 15.8. The zero-order valence-electron chi connectivity index (χ0n) is 14.1. The van der Waals surface area contributed by atoms with Crippen LogP contribution in [0.15, 0.2) is 79.4 Å². The van der Waals surface area contributed by atoms with Gasteiger partial charge in [0.15, 0.2) is 0 Å². The number of rotatable bonds is 4. The molecule has 2 nitrogen and oxygen atoms in total. The van der Waals surface area contributed by atoms with E-state index in [2.05, 4.69) is 97.2 Å². The molecule has 23 heavy (non-hydrogen) atoms. The molecule has 0 atom stereocenters. The molecular weight excluding hydrogens is 296 g/mol. The summed E-state index contributed by atoms with van der Waals surface area (Å²) in [4.78, 5) is 4.35. The van der Waals surface area contributed by atoms with E-state index < -0.39 is 9.52 Å². The molecule has 3 heteroatoms. The van der Waals surface area contributed by atoms with Crippen molar-refractivity contribution in [2.45, 2.75) is 31.0 Å². The van der Waals surface area contributed by atoms with Gasteiger partial charge in [0.25, 0.3) is 0 Å². The molecule has 0 unspecified atom stereocenters. The molecule has 3 aromatic rings. The molecule has 0 aliphatic heterocycles. The predicted octanol–water partition coefficient (Wildman–Crippen LogP) is 4.02. The molecule has 1 heterocycles. The predicted molar refractivity (Wildman–Crippen MR) is 99.5 cm³/mol. The van der Waals surface area contributed by atoms with Gasteiger partial charge in [0.1, 0.15) is 0 Å². The number of aromatic nitrogens is 2. The zero-order valence-corrected chi connectivity index (χ0v) is 15.5. The summed E-state index contributed by atoms with van der Waals surface area (Å²) >= 11 is 0. The van der Waals surface area contributed by atoms with Gasteiger partial charge in [0.05, 0.1) is 21.0 Å². The van der Waals surface area contributed by atoms with Gasteiger partial charge in [-0.1, -0.05) is 81.4 Å². The molecule has 0 bridgehead atoms. The van der Waals surface area contributed by atoms with Crippen LogP contribution in [0, 0.1) is 0 Å². The van der Waals surface area contributed by atoms with E-state index in [0.717, 1.165) is 0 Å². The lowest BCUT2D eigenvalue weighted by molar-refractivity contribution is 0.564. The number of nitrogens with zero attached hydrogens (tertiary/aromatic N) is 2. The summed E-state index contributed by atoms with van der Waals surface area (Å²) in [6.45, 7) is 7.07. The zero-order chi connectivity index (χ0) is 16.3. The van der Waals surface area contributed by atoms with Crippen LogP contribution in [-0.2, 0) is 5.16 Å². The second-order valence-corrected chi connectivity index (χ2v) is 10.8. The number of hydrogen-bond donors (Lipinski definition) is 0. The van der Waals surface area contributed by atoms with E-state index in [1.165, 1.54) is 11.1 Å². The van der Waals surface area contributed by atoms with Crippen molar-refractivity contribution >= 4 is 9.52 Å². The maximum absolute atomic E-state index is 4.35. The van der Waals surface area contributed by atoms with Crippen molar-refractivity contribution in [2.75, 3.05) is 0 Å². The smallest absolute Gasteiger partial charge is 0.0953 e. The molecule has 0 aliphatic carbocycles. The minimum Gasteiger partial charge on any atom is -0.327 e. The van der Waals surface area contributed by atoms with Crippen LogP contribution in [0.3, 0.4) is 0 Å². The second-order valence-electron chi connectivity index (χ2n) is 7.30. The average Bonchev–Trinajstić information content (AvgIpc) is 3.08. The van der Waals surface area contributed by atoms with Gasteiger partial charge in [-0.15, -0.1) is 0 Å². The van der Waals surface area contributed by atoms with E-state index in [4.69, 9.17) is 0 Å². The third-order valence-electron chi connectivity index (χ3n) is 4.23. The first-order chi connectivity index (χ1) is 11.0. The van der Waals surface area contributed by atoms with Crippen LogP contribution in [0.1, 0.15) is 31.9 Å². The standard InChI is InChI=1S/C20H24N2Si/c1-19(2,3)23-20(22-15-14-21-16-22,17-10-6-4-7-11-17)18-12-8-5-9-13-18/h4-16H,23H2,1-3H3. The van der Waals surface area contributed by atoms with E-state index in [9.17, 15) is 0 Å². The van der Waals surface area contributed by atoms with Gasteiger partial charge in [-0.2, -0.15) is 0 Å². The lowest BCUT2D eigenvalue weighted by atomic mass is 9.97. The summed E-state index contributed by atoms with van der Waals surface area (Å²) in [5.41, 5.74) is 2.71. The first-order valence-corrected chi connectivity index (χ1v) is 9.53. The van der Waals surface area contributed by atoms with Gasteiger partial charge < -0.3 is 4.57 Å². The molecule has 0 saturated carbocycles. The molecule has 3 rings (SSSR count). The van der Waals surface area contributed by atoms with Gasteiger partial charge in [0.2, 0.25) is 0 Å². The van der Waals surface area contributed by atoms with Crippen LogP contribution in [0.25, 0.3) is 0 Å². The summed E-state index contributed by atoms with van der Waals surface area (Å²) in [5, 5.41) is 0.188. The summed E-state index contributed by atoms with van der Waals surface area (Å²) in [5.74, 6) is 0. The summed E-state index contributed by atoms with van der Waals surface area (Å²) in [7, 11) is -0.586. The first-order valence-electron chi connectivity index (χ1n) is 8.12. The Hall–Kier alpha value is -2.13. The van der Waals surface area contributed by atoms with E-state index in [1.54, 1.807) is 0 Å². The van der Waals surface area contributed by atoms with Crippen LogP contribution in [0.2, 0.25) is 5.04 Å². The average molecular weight is 321 g/mol. The Morgan fingerprint density at radius 1 is 0.826 bits per heavy atom. The van der Waals surface area contributed by atoms with Crippen LogP contribution in [0.5, 0.6) is 0 Å². The fourth-order valence-electron chi connectivity index (χ4n) is 3.44. The molecule has 0 radical (unpaired) electrons. The summed E-state index contributed by atoms with van der Waals surface area (Å²) in [6.07, 6.45) is 5.97. The maximum Gasteiger partial charge on any atom is 0.0953 e. The molecule has 0 aliphatic rings. The van der Waals surface area contributed by atoms with E-state index in [0.29, 0.717) is 5.04 Å². The van der Waals surface area contributed by atoms with E-state index >= 15 is 0 Å². The van der Waals surface area contributed by atoms with Crippen molar-refractivity contribution in [2.24, 2.45) is 0 Å². The SMILES string of the molecule is CC(C)(C)[SiH2]C(c1ccccc1)(c1ccccc1)n1ccnc1. The second kappa shape index (κ2) is 6.17. The topological polar surface area (TPSA) is 17.8 Å². The Labute approximate surface area is 141 Å². The number of benzene rings is 2.